The molecule has 2 aliphatic heterocycles. The van der Waals surface area contributed by atoms with E-state index in [1.165, 1.54) is 22.4 Å². The van der Waals surface area contributed by atoms with Crippen LogP contribution in [0.25, 0.3) is 0 Å². The van der Waals surface area contributed by atoms with Crippen LogP contribution in [-0.4, -0.2) is 36.2 Å². The van der Waals surface area contributed by atoms with Crippen LogP contribution in [0, 0.1) is 0 Å². The average molecular weight is 300 g/mol. The number of hydrogen-bond acceptors (Lipinski definition) is 3. The molecule has 1 unspecified atom stereocenters. The number of fused-ring (bicyclic) bond motifs is 4. The van der Waals surface area contributed by atoms with Gasteiger partial charge < -0.3 is 14.6 Å². The maximum atomic E-state index is 10.1. The van der Waals surface area contributed by atoms with Crippen LogP contribution in [0.5, 0.6) is 11.5 Å². The molecule has 116 valence electrons. The third-order valence-electron chi connectivity index (χ3n) is 5.31. The molecular formula is C18H22NO3+. The van der Waals surface area contributed by atoms with Gasteiger partial charge in [0.1, 0.15) is 12.3 Å². The van der Waals surface area contributed by atoms with Crippen molar-refractivity contribution in [2.45, 2.75) is 38.1 Å². The number of allylic oxidation sites excluding steroid dienone is 2. The first kappa shape index (κ1) is 13.7. The van der Waals surface area contributed by atoms with Crippen molar-refractivity contribution in [2.75, 3.05) is 20.8 Å². The summed E-state index contributed by atoms with van der Waals surface area (Å²) < 4.78 is 13.4. The third-order valence-corrected chi connectivity index (χ3v) is 5.31. The summed E-state index contributed by atoms with van der Waals surface area (Å²) in [4.78, 5) is 0. The number of methoxy groups -OCH3 is 2. The van der Waals surface area contributed by atoms with Crippen molar-refractivity contribution in [2.24, 2.45) is 0 Å². The SMILES string of the molecule is COc1cc2c(cc1OC)C1CCC3=C(O)CCC3=[N+]1CC2. The predicted octanol–water partition coefficient (Wildman–Crippen LogP) is 3.15. The van der Waals surface area contributed by atoms with Crippen molar-refractivity contribution in [3.05, 3.63) is 34.6 Å². The van der Waals surface area contributed by atoms with Gasteiger partial charge in [-0.05, 0) is 24.1 Å². The summed E-state index contributed by atoms with van der Waals surface area (Å²) in [5.41, 5.74) is 5.31. The van der Waals surface area contributed by atoms with Crippen molar-refractivity contribution < 1.29 is 19.2 Å². The topological polar surface area (TPSA) is 41.7 Å². The van der Waals surface area contributed by atoms with Gasteiger partial charge in [0.25, 0.3) is 0 Å². The lowest BCUT2D eigenvalue weighted by Crippen LogP contribution is -2.35. The molecule has 1 aromatic rings. The first-order chi connectivity index (χ1) is 10.7. The van der Waals surface area contributed by atoms with Crippen molar-refractivity contribution in [1.82, 2.24) is 0 Å². The summed E-state index contributed by atoms with van der Waals surface area (Å²) in [6, 6.07) is 4.69. The fraction of sp³-hybridized carbons (Fsp3) is 0.500. The summed E-state index contributed by atoms with van der Waals surface area (Å²) in [6.07, 6.45) is 4.86. The van der Waals surface area contributed by atoms with Crippen LogP contribution in [0.4, 0.5) is 0 Å². The van der Waals surface area contributed by atoms with Crippen LogP contribution in [-0.2, 0) is 6.42 Å². The molecule has 1 N–H and O–H groups in total. The molecule has 4 nitrogen and oxygen atoms in total. The van der Waals surface area contributed by atoms with Crippen LogP contribution in [0.1, 0.15) is 42.9 Å². The number of benzene rings is 1. The van der Waals surface area contributed by atoms with Crippen LogP contribution in [0.3, 0.4) is 0 Å². The van der Waals surface area contributed by atoms with E-state index in [1.54, 1.807) is 14.2 Å². The van der Waals surface area contributed by atoms with Gasteiger partial charge in [-0.25, -0.2) is 4.58 Å². The second-order valence-electron chi connectivity index (χ2n) is 6.28. The van der Waals surface area contributed by atoms with Gasteiger partial charge in [0.05, 0.1) is 19.8 Å². The van der Waals surface area contributed by atoms with E-state index in [-0.39, 0.29) is 0 Å². The normalized spacial score (nSPS) is 23.1. The van der Waals surface area contributed by atoms with Gasteiger partial charge in [0.15, 0.2) is 23.3 Å². The van der Waals surface area contributed by atoms with Crippen molar-refractivity contribution in [3.63, 3.8) is 0 Å². The molecule has 0 aromatic heterocycles. The van der Waals surface area contributed by atoms with Gasteiger partial charge in [-0.2, -0.15) is 0 Å². The minimum Gasteiger partial charge on any atom is -0.512 e. The van der Waals surface area contributed by atoms with Gasteiger partial charge in [-0.1, -0.05) is 0 Å². The zero-order valence-electron chi connectivity index (χ0n) is 13.2. The van der Waals surface area contributed by atoms with E-state index < -0.39 is 0 Å². The van der Waals surface area contributed by atoms with E-state index in [2.05, 4.69) is 16.7 Å². The predicted molar refractivity (Wildman–Crippen MR) is 84.2 cm³/mol. The lowest BCUT2D eigenvalue weighted by molar-refractivity contribution is -0.580. The molecule has 3 aliphatic rings. The highest BCUT2D eigenvalue weighted by Crippen LogP contribution is 2.43. The molecule has 0 bridgehead atoms. The lowest BCUT2D eigenvalue weighted by atomic mass is 9.85. The highest BCUT2D eigenvalue weighted by molar-refractivity contribution is 5.99. The zero-order valence-corrected chi connectivity index (χ0v) is 13.2. The molecule has 4 heteroatoms. The Morgan fingerprint density at radius 3 is 2.59 bits per heavy atom. The number of nitrogens with zero attached hydrogens (tertiary/aromatic N) is 1. The van der Waals surface area contributed by atoms with Gasteiger partial charge in [-0.15, -0.1) is 0 Å². The summed E-state index contributed by atoms with van der Waals surface area (Å²) >= 11 is 0. The van der Waals surface area contributed by atoms with Gasteiger partial charge >= 0.3 is 0 Å². The number of ether oxygens (including phenoxy) is 2. The Morgan fingerprint density at radius 2 is 1.82 bits per heavy atom. The van der Waals surface area contributed by atoms with Gasteiger partial charge in [0, 0.05) is 31.2 Å². The van der Waals surface area contributed by atoms with Crippen molar-refractivity contribution in [3.8, 4) is 11.5 Å². The first-order valence-electron chi connectivity index (χ1n) is 8.01. The van der Waals surface area contributed by atoms with Crippen LogP contribution < -0.4 is 9.47 Å². The molecule has 1 atom stereocenters. The molecule has 22 heavy (non-hydrogen) atoms. The number of aliphatic hydroxyl groups is 1. The molecule has 0 spiro atoms. The smallest absolute Gasteiger partial charge is 0.183 e. The standard InChI is InChI=1S/C18H21NO3/c1-21-17-9-11-7-8-19-14-5-6-16(20)12(14)3-4-15(19)13(11)10-18(17)22-2/h9-10,15H,3-8H2,1-2H3/p+1. The van der Waals surface area contributed by atoms with Crippen LogP contribution in [0.15, 0.2) is 23.5 Å². The monoisotopic (exact) mass is 300 g/mol. The fourth-order valence-corrected chi connectivity index (χ4v) is 4.25. The Labute approximate surface area is 130 Å². The maximum absolute atomic E-state index is 10.1. The molecule has 1 aromatic carbocycles. The third kappa shape index (κ3) is 1.86. The zero-order chi connectivity index (χ0) is 15.3. The highest BCUT2D eigenvalue weighted by Gasteiger charge is 2.41. The lowest BCUT2D eigenvalue weighted by Gasteiger charge is -2.30. The van der Waals surface area contributed by atoms with Crippen LogP contribution in [0.2, 0.25) is 0 Å². The number of rotatable bonds is 2. The van der Waals surface area contributed by atoms with E-state index in [1.807, 2.05) is 0 Å². The minimum atomic E-state index is 0.410. The molecular weight excluding hydrogens is 278 g/mol. The van der Waals surface area contributed by atoms with E-state index in [0.29, 0.717) is 11.8 Å². The van der Waals surface area contributed by atoms with Gasteiger partial charge in [-0.3, -0.25) is 0 Å². The fourth-order valence-electron chi connectivity index (χ4n) is 4.25. The minimum absolute atomic E-state index is 0.410. The molecule has 0 saturated carbocycles. The Morgan fingerprint density at radius 1 is 1.05 bits per heavy atom. The van der Waals surface area contributed by atoms with E-state index in [0.717, 1.165) is 50.1 Å². The molecule has 4 rings (SSSR count). The summed E-state index contributed by atoms with van der Waals surface area (Å²) in [6.45, 7) is 1.03. The Kier molecular flexibility index (Phi) is 3.13. The van der Waals surface area contributed by atoms with E-state index >= 15 is 0 Å². The molecule has 0 saturated heterocycles. The number of hydrogen-bond donors (Lipinski definition) is 1. The van der Waals surface area contributed by atoms with Gasteiger partial charge in [0.2, 0.25) is 0 Å². The quantitative estimate of drug-likeness (QED) is 0.853. The summed E-state index contributed by atoms with van der Waals surface area (Å²) in [5, 5.41) is 10.1. The van der Waals surface area contributed by atoms with E-state index in [9.17, 15) is 5.11 Å². The highest BCUT2D eigenvalue weighted by atomic mass is 16.5. The van der Waals surface area contributed by atoms with E-state index in [4.69, 9.17) is 9.47 Å². The van der Waals surface area contributed by atoms with Crippen molar-refractivity contribution >= 4 is 5.71 Å². The van der Waals surface area contributed by atoms with Crippen LogP contribution >= 0.6 is 0 Å². The second-order valence-corrected chi connectivity index (χ2v) is 6.28. The molecule has 1 aliphatic carbocycles. The maximum Gasteiger partial charge on any atom is 0.183 e. The average Bonchev–Trinajstić information content (AvgIpc) is 2.94. The Balaban J connectivity index is 1.83. The van der Waals surface area contributed by atoms with Crippen molar-refractivity contribution in [1.29, 1.82) is 0 Å². The molecule has 0 radical (unpaired) electrons. The second kappa shape index (κ2) is 5.04. The Bertz CT molecular complexity index is 703. The largest absolute Gasteiger partial charge is 0.512 e. The Hall–Kier alpha value is -1.97. The first-order valence-corrected chi connectivity index (χ1v) is 8.01. The summed E-state index contributed by atoms with van der Waals surface area (Å²) in [7, 11) is 3.38. The number of aliphatic hydroxyl groups excluding tert-OH is 1. The summed E-state index contributed by atoms with van der Waals surface area (Å²) in [5.74, 6) is 2.24. The molecule has 0 amide bonds. The molecule has 2 heterocycles. The molecule has 0 fully saturated rings.